The Morgan fingerprint density at radius 1 is 1.50 bits per heavy atom. The van der Waals surface area contributed by atoms with E-state index in [2.05, 4.69) is 15.9 Å². The zero-order valence-electron chi connectivity index (χ0n) is 9.39. The first-order valence-electron chi connectivity index (χ1n) is 5.30. The van der Waals surface area contributed by atoms with Crippen molar-refractivity contribution >= 4 is 15.9 Å². The van der Waals surface area contributed by atoms with E-state index < -0.39 is 0 Å². The van der Waals surface area contributed by atoms with Crippen LogP contribution in [0.4, 0.5) is 4.39 Å². The number of rotatable bonds is 3. The van der Waals surface area contributed by atoms with Crippen molar-refractivity contribution in [1.29, 1.82) is 0 Å². The van der Waals surface area contributed by atoms with Crippen LogP contribution in [0.3, 0.4) is 0 Å². The van der Waals surface area contributed by atoms with Gasteiger partial charge in [-0.3, -0.25) is 0 Å². The Kier molecular flexibility index (Phi) is 2.97. The van der Waals surface area contributed by atoms with Crippen LogP contribution in [-0.4, -0.2) is 13.2 Å². The van der Waals surface area contributed by atoms with E-state index in [1.54, 1.807) is 6.07 Å². The summed E-state index contributed by atoms with van der Waals surface area (Å²) in [5, 5.41) is 0. The van der Waals surface area contributed by atoms with Crippen molar-refractivity contribution in [2.45, 2.75) is 31.2 Å². The molecule has 1 aliphatic carbocycles. The minimum atomic E-state index is -0.227. The highest BCUT2D eigenvalue weighted by molar-refractivity contribution is 9.10. The second-order valence-electron chi connectivity index (χ2n) is 4.41. The number of hydrogen-bond donors (Lipinski definition) is 1. The van der Waals surface area contributed by atoms with Gasteiger partial charge in [0.1, 0.15) is 11.6 Å². The summed E-state index contributed by atoms with van der Waals surface area (Å²) in [6.07, 6.45) is 1.92. The molecular formula is C12H15BrFNO. The molecule has 0 aliphatic heterocycles. The first-order chi connectivity index (χ1) is 7.51. The molecule has 1 aromatic rings. The summed E-state index contributed by atoms with van der Waals surface area (Å²) in [5.41, 5.74) is 6.48. The normalized spacial score (nSPS) is 19.3. The van der Waals surface area contributed by atoms with Crippen LogP contribution in [0.1, 0.15) is 25.3 Å². The Bertz CT molecular complexity index is 416. The summed E-state index contributed by atoms with van der Waals surface area (Å²) in [6.45, 7) is 1.94. The van der Waals surface area contributed by atoms with Crippen molar-refractivity contribution in [2.24, 2.45) is 5.73 Å². The molecule has 0 spiro atoms. The van der Waals surface area contributed by atoms with Gasteiger partial charge in [0.15, 0.2) is 0 Å². The third-order valence-corrected chi connectivity index (χ3v) is 4.06. The highest BCUT2D eigenvalue weighted by atomic mass is 79.9. The Labute approximate surface area is 103 Å². The fourth-order valence-corrected chi connectivity index (χ4v) is 2.68. The SMILES string of the molecule is COc1cc(F)c(C2(C(C)N)CC2)cc1Br. The number of methoxy groups -OCH3 is 1. The summed E-state index contributed by atoms with van der Waals surface area (Å²) >= 11 is 3.38. The molecule has 88 valence electrons. The summed E-state index contributed by atoms with van der Waals surface area (Å²) in [6, 6.07) is 3.19. The van der Waals surface area contributed by atoms with Gasteiger partial charge < -0.3 is 10.5 Å². The second-order valence-corrected chi connectivity index (χ2v) is 5.27. The zero-order valence-corrected chi connectivity index (χ0v) is 11.0. The van der Waals surface area contributed by atoms with Gasteiger partial charge in [-0.2, -0.15) is 0 Å². The van der Waals surface area contributed by atoms with Gasteiger partial charge in [-0.25, -0.2) is 4.39 Å². The predicted molar refractivity (Wildman–Crippen MR) is 65.2 cm³/mol. The third kappa shape index (κ3) is 1.74. The summed E-state index contributed by atoms with van der Waals surface area (Å²) < 4.78 is 19.8. The molecule has 2 N–H and O–H groups in total. The molecule has 2 nitrogen and oxygen atoms in total. The van der Waals surface area contributed by atoms with E-state index in [0.29, 0.717) is 11.3 Å². The molecule has 16 heavy (non-hydrogen) atoms. The highest BCUT2D eigenvalue weighted by Gasteiger charge is 2.49. The van der Waals surface area contributed by atoms with Gasteiger partial charge in [0.05, 0.1) is 11.6 Å². The number of ether oxygens (including phenoxy) is 1. The number of hydrogen-bond acceptors (Lipinski definition) is 2. The maximum Gasteiger partial charge on any atom is 0.135 e. The van der Waals surface area contributed by atoms with Crippen molar-refractivity contribution in [3.05, 3.63) is 28.0 Å². The number of nitrogens with two attached hydrogens (primary N) is 1. The van der Waals surface area contributed by atoms with E-state index in [4.69, 9.17) is 10.5 Å². The maximum atomic E-state index is 14.0. The molecule has 1 atom stereocenters. The Morgan fingerprint density at radius 2 is 2.12 bits per heavy atom. The minimum Gasteiger partial charge on any atom is -0.495 e. The Balaban J connectivity index is 2.47. The van der Waals surface area contributed by atoms with Crippen molar-refractivity contribution in [1.82, 2.24) is 0 Å². The van der Waals surface area contributed by atoms with Crippen LogP contribution >= 0.6 is 15.9 Å². The lowest BCUT2D eigenvalue weighted by Gasteiger charge is -2.21. The first-order valence-corrected chi connectivity index (χ1v) is 6.09. The van der Waals surface area contributed by atoms with Crippen LogP contribution in [0.5, 0.6) is 5.75 Å². The average molecular weight is 288 g/mol. The molecule has 1 aromatic carbocycles. The van der Waals surface area contributed by atoms with Gasteiger partial charge >= 0.3 is 0 Å². The maximum absolute atomic E-state index is 14.0. The van der Waals surface area contributed by atoms with Gasteiger partial charge in [0.25, 0.3) is 0 Å². The lowest BCUT2D eigenvalue weighted by Crippen LogP contribution is -2.32. The lowest BCUT2D eigenvalue weighted by molar-refractivity contribution is 0.406. The van der Waals surface area contributed by atoms with Gasteiger partial charge in [-0.15, -0.1) is 0 Å². The van der Waals surface area contributed by atoms with E-state index in [1.165, 1.54) is 13.2 Å². The van der Waals surface area contributed by atoms with E-state index in [9.17, 15) is 4.39 Å². The van der Waals surface area contributed by atoms with E-state index in [1.807, 2.05) is 6.92 Å². The molecule has 2 rings (SSSR count). The summed E-state index contributed by atoms with van der Waals surface area (Å²) in [7, 11) is 1.53. The first kappa shape index (κ1) is 11.9. The number of benzene rings is 1. The fourth-order valence-electron chi connectivity index (χ4n) is 2.17. The van der Waals surface area contributed by atoms with Crippen LogP contribution in [0, 0.1) is 5.82 Å². The molecule has 4 heteroatoms. The largest absolute Gasteiger partial charge is 0.495 e. The second kappa shape index (κ2) is 4.00. The standard InChI is InChI=1S/C12H15BrFNO/c1-7(15)12(3-4-12)8-5-9(13)11(16-2)6-10(8)14/h5-7H,3-4,15H2,1-2H3. The minimum absolute atomic E-state index is 0.0257. The van der Waals surface area contributed by atoms with Crippen LogP contribution in [0.2, 0.25) is 0 Å². The van der Waals surface area contributed by atoms with Crippen LogP contribution in [0.15, 0.2) is 16.6 Å². The van der Waals surface area contributed by atoms with E-state index >= 15 is 0 Å². The molecule has 1 saturated carbocycles. The molecule has 0 saturated heterocycles. The lowest BCUT2D eigenvalue weighted by atomic mass is 9.89. The molecule has 0 radical (unpaired) electrons. The van der Waals surface area contributed by atoms with E-state index in [-0.39, 0.29) is 17.3 Å². The van der Waals surface area contributed by atoms with Crippen molar-refractivity contribution < 1.29 is 9.13 Å². The van der Waals surface area contributed by atoms with Crippen LogP contribution in [-0.2, 0) is 5.41 Å². The molecule has 0 bridgehead atoms. The molecule has 0 amide bonds. The van der Waals surface area contributed by atoms with Crippen LogP contribution in [0.25, 0.3) is 0 Å². The molecule has 1 aliphatic rings. The fraction of sp³-hybridized carbons (Fsp3) is 0.500. The van der Waals surface area contributed by atoms with E-state index in [0.717, 1.165) is 17.3 Å². The third-order valence-electron chi connectivity index (χ3n) is 3.44. The number of halogens is 2. The molecule has 1 unspecified atom stereocenters. The molecule has 0 aromatic heterocycles. The smallest absolute Gasteiger partial charge is 0.135 e. The van der Waals surface area contributed by atoms with Crippen molar-refractivity contribution in [3.8, 4) is 5.75 Å². The Morgan fingerprint density at radius 3 is 2.56 bits per heavy atom. The molecular weight excluding hydrogens is 273 g/mol. The average Bonchev–Trinajstić information content (AvgIpc) is 3.01. The summed E-state index contributed by atoms with van der Waals surface area (Å²) in [4.78, 5) is 0. The van der Waals surface area contributed by atoms with Gasteiger partial charge in [-0.1, -0.05) is 0 Å². The van der Waals surface area contributed by atoms with Gasteiger partial charge in [0.2, 0.25) is 0 Å². The highest BCUT2D eigenvalue weighted by Crippen LogP contribution is 2.52. The van der Waals surface area contributed by atoms with Gasteiger partial charge in [-0.05, 0) is 47.3 Å². The monoisotopic (exact) mass is 287 g/mol. The van der Waals surface area contributed by atoms with Crippen molar-refractivity contribution in [2.75, 3.05) is 7.11 Å². The van der Waals surface area contributed by atoms with Crippen molar-refractivity contribution in [3.63, 3.8) is 0 Å². The Hall–Kier alpha value is -0.610. The summed E-state index contributed by atoms with van der Waals surface area (Å²) in [5.74, 6) is 0.288. The van der Waals surface area contributed by atoms with Crippen LogP contribution < -0.4 is 10.5 Å². The topological polar surface area (TPSA) is 35.2 Å². The predicted octanol–water partition coefficient (Wildman–Crippen LogP) is 2.98. The zero-order chi connectivity index (χ0) is 11.9. The quantitative estimate of drug-likeness (QED) is 0.928. The molecule has 1 fully saturated rings. The molecule has 0 heterocycles. The van der Waals surface area contributed by atoms with Gasteiger partial charge in [0, 0.05) is 17.5 Å².